The predicted octanol–water partition coefficient (Wildman–Crippen LogP) is 8.16. The molecule has 3 heteroatoms. The number of benzene rings is 5. The van der Waals surface area contributed by atoms with Crippen molar-refractivity contribution in [2.75, 3.05) is 0 Å². The molecule has 0 atom stereocenters. The van der Waals surface area contributed by atoms with Gasteiger partial charge in [-0.05, 0) is 47.2 Å². The fourth-order valence-corrected chi connectivity index (χ4v) is 5.49. The molecule has 5 aromatic carbocycles. The smallest absolute Gasteiger partial charge is 0.146 e. The molecule has 0 amide bonds. The van der Waals surface area contributed by atoms with Gasteiger partial charge in [-0.2, -0.15) is 0 Å². The second-order valence-electron chi connectivity index (χ2n) is 9.09. The van der Waals surface area contributed by atoms with Crippen molar-refractivity contribution >= 4 is 60.0 Å². The molecule has 162 valence electrons. The molecule has 0 fully saturated rings. The standard InChI is InChI=1S/C32H19N3/c1-2-8-23-20(7-1)13-14-21-16-18-27(33-31(21)23)22-15-17-25-26(19-22)24-9-3-5-11-29(24)35-30-12-6-4-10-28(30)34-32(25)35/h1-19H. The summed E-state index contributed by atoms with van der Waals surface area (Å²) < 4.78 is 2.28. The van der Waals surface area contributed by atoms with E-state index in [1.165, 1.54) is 27.1 Å². The number of rotatable bonds is 1. The molecular weight excluding hydrogens is 426 g/mol. The molecule has 0 unspecified atom stereocenters. The normalized spacial score (nSPS) is 12.0. The van der Waals surface area contributed by atoms with Crippen molar-refractivity contribution in [3.8, 4) is 11.3 Å². The van der Waals surface area contributed by atoms with Crippen molar-refractivity contribution in [1.29, 1.82) is 0 Å². The van der Waals surface area contributed by atoms with Crippen LogP contribution in [0, 0.1) is 0 Å². The minimum atomic E-state index is 0.980. The lowest BCUT2D eigenvalue weighted by molar-refractivity contribution is 1.31. The summed E-state index contributed by atoms with van der Waals surface area (Å²) in [6.07, 6.45) is 0. The molecule has 0 aliphatic rings. The summed E-state index contributed by atoms with van der Waals surface area (Å²) in [6.45, 7) is 0. The van der Waals surface area contributed by atoms with Gasteiger partial charge in [0.1, 0.15) is 5.65 Å². The number of imidazole rings is 1. The summed E-state index contributed by atoms with van der Waals surface area (Å²) >= 11 is 0. The molecular formula is C32H19N3. The van der Waals surface area contributed by atoms with E-state index in [1.54, 1.807) is 0 Å². The molecule has 0 N–H and O–H groups in total. The van der Waals surface area contributed by atoms with Crippen molar-refractivity contribution in [1.82, 2.24) is 14.4 Å². The van der Waals surface area contributed by atoms with Gasteiger partial charge < -0.3 is 0 Å². The number of nitrogens with zero attached hydrogens (tertiary/aromatic N) is 3. The van der Waals surface area contributed by atoms with Crippen LogP contribution in [0.5, 0.6) is 0 Å². The van der Waals surface area contributed by atoms with Crippen LogP contribution >= 0.6 is 0 Å². The summed E-state index contributed by atoms with van der Waals surface area (Å²) in [7, 11) is 0. The predicted molar refractivity (Wildman–Crippen MR) is 146 cm³/mol. The lowest BCUT2D eigenvalue weighted by Crippen LogP contribution is -1.92. The van der Waals surface area contributed by atoms with Gasteiger partial charge in [0, 0.05) is 27.1 Å². The van der Waals surface area contributed by atoms with Gasteiger partial charge in [-0.1, -0.05) is 78.9 Å². The quantitative estimate of drug-likeness (QED) is 0.239. The third-order valence-electron chi connectivity index (χ3n) is 7.14. The molecule has 0 radical (unpaired) electrons. The van der Waals surface area contributed by atoms with Crippen LogP contribution in [0.25, 0.3) is 71.3 Å². The summed E-state index contributed by atoms with van der Waals surface area (Å²) in [4.78, 5) is 10.2. The van der Waals surface area contributed by atoms with Gasteiger partial charge in [-0.15, -0.1) is 0 Å². The maximum Gasteiger partial charge on any atom is 0.146 e. The number of pyridine rings is 2. The number of hydrogen-bond donors (Lipinski definition) is 0. The fourth-order valence-electron chi connectivity index (χ4n) is 5.49. The molecule has 8 rings (SSSR count). The number of fused-ring (bicyclic) bond motifs is 11. The van der Waals surface area contributed by atoms with Crippen LogP contribution in [0.2, 0.25) is 0 Å². The van der Waals surface area contributed by atoms with Crippen molar-refractivity contribution < 1.29 is 0 Å². The fraction of sp³-hybridized carbons (Fsp3) is 0. The first-order valence-electron chi connectivity index (χ1n) is 11.9. The van der Waals surface area contributed by atoms with E-state index in [-0.39, 0.29) is 0 Å². The Hall–Kier alpha value is -4.76. The van der Waals surface area contributed by atoms with E-state index in [1.807, 2.05) is 6.07 Å². The van der Waals surface area contributed by atoms with Crippen LogP contribution in [-0.4, -0.2) is 14.4 Å². The van der Waals surface area contributed by atoms with Crippen LogP contribution in [0.4, 0.5) is 0 Å². The number of hydrogen-bond acceptors (Lipinski definition) is 2. The molecule has 0 spiro atoms. The van der Waals surface area contributed by atoms with Gasteiger partial charge in [-0.3, -0.25) is 4.40 Å². The molecule has 0 bridgehead atoms. The maximum atomic E-state index is 5.14. The Balaban J connectivity index is 1.45. The third kappa shape index (κ3) is 2.61. The highest BCUT2D eigenvalue weighted by Crippen LogP contribution is 2.35. The molecule has 3 heterocycles. The highest BCUT2D eigenvalue weighted by atomic mass is 15.0. The Morgan fingerprint density at radius 2 is 1.23 bits per heavy atom. The zero-order valence-corrected chi connectivity index (χ0v) is 18.8. The first kappa shape index (κ1) is 18.6. The van der Waals surface area contributed by atoms with E-state index in [2.05, 4.69) is 114 Å². The Labute approximate surface area is 200 Å². The highest BCUT2D eigenvalue weighted by Gasteiger charge is 2.14. The summed E-state index contributed by atoms with van der Waals surface area (Å²) in [5, 5.41) is 7.11. The van der Waals surface area contributed by atoms with Gasteiger partial charge in [0.25, 0.3) is 0 Å². The molecule has 8 aromatic rings. The summed E-state index contributed by atoms with van der Waals surface area (Å²) in [5.41, 5.74) is 7.43. The molecule has 0 aliphatic carbocycles. The third-order valence-corrected chi connectivity index (χ3v) is 7.14. The van der Waals surface area contributed by atoms with Crippen molar-refractivity contribution in [3.63, 3.8) is 0 Å². The van der Waals surface area contributed by atoms with Gasteiger partial charge in [0.2, 0.25) is 0 Å². The second kappa shape index (κ2) is 6.87. The minimum Gasteiger partial charge on any atom is -0.292 e. The van der Waals surface area contributed by atoms with Gasteiger partial charge in [0.15, 0.2) is 0 Å². The first-order chi connectivity index (χ1) is 17.3. The van der Waals surface area contributed by atoms with E-state index >= 15 is 0 Å². The van der Waals surface area contributed by atoms with E-state index in [9.17, 15) is 0 Å². The second-order valence-corrected chi connectivity index (χ2v) is 9.09. The molecule has 0 aliphatic heterocycles. The number of para-hydroxylation sites is 3. The zero-order chi connectivity index (χ0) is 22.9. The van der Waals surface area contributed by atoms with Crippen molar-refractivity contribution in [3.05, 3.63) is 115 Å². The minimum absolute atomic E-state index is 0.980. The Bertz CT molecular complexity index is 2120. The Morgan fingerprint density at radius 3 is 2.17 bits per heavy atom. The van der Waals surface area contributed by atoms with E-state index in [0.29, 0.717) is 0 Å². The Kier molecular flexibility index (Phi) is 3.66. The lowest BCUT2D eigenvalue weighted by Gasteiger charge is -2.11. The van der Waals surface area contributed by atoms with Crippen LogP contribution < -0.4 is 0 Å². The topological polar surface area (TPSA) is 30.2 Å². The number of aromatic nitrogens is 3. The molecule has 3 aromatic heterocycles. The molecule has 0 saturated heterocycles. The van der Waals surface area contributed by atoms with Crippen LogP contribution in [-0.2, 0) is 0 Å². The first-order valence-corrected chi connectivity index (χ1v) is 11.9. The maximum absolute atomic E-state index is 5.14. The molecule has 0 saturated carbocycles. The van der Waals surface area contributed by atoms with E-state index in [4.69, 9.17) is 9.97 Å². The van der Waals surface area contributed by atoms with Crippen LogP contribution in [0.1, 0.15) is 0 Å². The van der Waals surface area contributed by atoms with E-state index < -0.39 is 0 Å². The molecule has 3 nitrogen and oxygen atoms in total. The highest BCUT2D eigenvalue weighted by molar-refractivity contribution is 6.15. The average Bonchev–Trinajstić information content (AvgIpc) is 3.33. The Morgan fingerprint density at radius 1 is 0.486 bits per heavy atom. The molecule has 35 heavy (non-hydrogen) atoms. The van der Waals surface area contributed by atoms with Crippen molar-refractivity contribution in [2.45, 2.75) is 0 Å². The largest absolute Gasteiger partial charge is 0.292 e. The SMILES string of the molecule is c1ccc2c(c1)ccc1ccc(-c3ccc4c(c3)c3ccccc3n3c5ccccc5nc43)nc12. The zero-order valence-electron chi connectivity index (χ0n) is 18.8. The monoisotopic (exact) mass is 445 g/mol. The van der Waals surface area contributed by atoms with Crippen LogP contribution in [0.3, 0.4) is 0 Å². The summed E-state index contributed by atoms with van der Waals surface area (Å²) in [6, 6.07) is 40.7. The lowest BCUT2D eigenvalue weighted by atomic mass is 10.0. The van der Waals surface area contributed by atoms with Gasteiger partial charge >= 0.3 is 0 Å². The summed E-state index contributed by atoms with van der Waals surface area (Å²) in [5.74, 6) is 0. The average molecular weight is 446 g/mol. The van der Waals surface area contributed by atoms with Crippen LogP contribution in [0.15, 0.2) is 115 Å². The van der Waals surface area contributed by atoms with Crippen molar-refractivity contribution in [2.24, 2.45) is 0 Å². The van der Waals surface area contributed by atoms with Gasteiger partial charge in [0.05, 0.1) is 27.8 Å². The van der Waals surface area contributed by atoms with Gasteiger partial charge in [-0.25, -0.2) is 9.97 Å². The van der Waals surface area contributed by atoms with E-state index in [0.717, 1.165) is 44.2 Å².